The monoisotopic (exact) mass is 256 g/mol. The van der Waals surface area contributed by atoms with Crippen LogP contribution >= 0.6 is 0 Å². The van der Waals surface area contributed by atoms with Crippen LogP contribution in [0.3, 0.4) is 0 Å². The van der Waals surface area contributed by atoms with Crippen LogP contribution in [0.5, 0.6) is 0 Å². The van der Waals surface area contributed by atoms with Crippen LogP contribution < -0.4 is 5.32 Å². The summed E-state index contributed by atoms with van der Waals surface area (Å²) in [6, 6.07) is 0.723. The lowest BCUT2D eigenvalue weighted by Gasteiger charge is -2.30. The van der Waals surface area contributed by atoms with E-state index in [0.717, 1.165) is 19.0 Å². The van der Waals surface area contributed by atoms with E-state index in [1.165, 1.54) is 25.7 Å². The molecule has 0 heterocycles. The minimum Gasteiger partial charge on any atom is -0.480 e. The summed E-state index contributed by atoms with van der Waals surface area (Å²) in [7, 11) is 3.92. The molecule has 1 rings (SSSR count). The fraction of sp³-hybridized carbons (Fsp3) is 0.929. The van der Waals surface area contributed by atoms with Gasteiger partial charge in [0.15, 0.2) is 0 Å². The van der Waals surface area contributed by atoms with Gasteiger partial charge in [-0.05, 0) is 52.7 Å². The lowest BCUT2D eigenvalue weighted by molar-refractivity contribution is -0.145. The second-order valence-corrected chi connectivity index (χ2v) is 5.51. The smallest absolute Gasteiger partial charge is 0.323 e. The predicted octanol–water partition coefficient (Wildman–Crippen LogP) is 2.09. The molecule has 0 saturated heterocycles. The maximum Gasteiger partial charge on any atom is 0.323 e. The van der Waals surface area contributed by atoms with E-state index < -0.39 is 11.5 Å². The van der Waals surface area contributed by atoms with Gasteiger partial charge in [-0.2, -0.15) is 0 Å². The molecule has 0 bridgehead atoms. The van der Waals surface area contributed by atoms with Crippen LogP contribution in [0.2, 0.25) is 0 Å². The normalized spacial score (nSPS) is 20.2. The highest BCUT2D eigenvalue weighted by Gasteiger charge is 2.34. The second kappa shape index (κ2) is 7.10. The summed E-state index contributed by atoms with van der Waals surface area (Å²) in [6.07, 6.45) is 7.58. The standard InChI is InChI=1S/C14H28N2O2/c1-4-14(15-2,13(17)18)10-7-11-16(3)12-8-5-6-9-12/h12,15H,4-11H2,1-3H3,(H,17,18). The molecule has 1 atom stereocenters. The maximum absolute atomic E-state index is 11.3. The van der Waals surface area contributed by atoms with Gasteiger partial charge in [-0.3, -0.25) is 4.79 Å². The van der Waals surface area contributed by atoms with Crippen LogP contribution in [-0.4, -0.2) is 48.2 Å². The molecule has 0 aromatic rings. The molecule has 0 spiro atoms. The molecular weight excluding hydrogens is 228 g/mol. The minimum absolute atomic E-state index is 0.631. The van der Waals surface area contributed by atoms with E-state index in [4.69, 9.17) is 0 Å². The molecule has 0 radical (unpaired) electrons. The van der Waals surface area contributed by atoms with E-state index in [1.807, 2.05) is 6.92 Å². The average Bonchev–Trinajstić information content (AvgIpc) is 2.88. The molecule has 1 fully saturated rings. The second-order valence-electron chi connectivity index (χ2n) is 5.51. The Morgan fingerprint density at radius 2 is 2.06 bits per heavy atom. The van der Waals surface area contributed by atoms with Crippen LogP contribution in [0.4, 0.5) is 0 Å². The first-order valence-electron chi connectivity index (χ1n) is 7.18. The van der Waals surface area contributed by atoms with Crippen LogP contribution in [0.15, 0.2) is 0 Å². The van der Waals surface area contributed by atoms with Crippen molar-refractivity contribution in [2.75, 3.05) is 20.6 Å². The highest BCUT2D eigenvalue weighted by atomic mass is 16.4. The number of hydrogen-bond acceptors (Lipinski definition) is 3. The van der Waals surface area contributed by atoms with Crippen molar-refractivity contribution in [1.82, 2.24) is 10.2 Å². The van der Waals surface area contributed by atoms with Gasteiger partial charge >= 0.3 is 5.97 Å². The number of carboxylic acids is 1. The molecule has 4 heteroatoms. The molecule has 0 aromatic carbocycles. The van der Waals surface area contributed by atoms with E-state index >= 15 is 0 Å². The Morgan fingerprint density at radius 3 is 2.50 bits per heavy atom. The molecule has 4 nitrogen and oxygen atoms in total. The summed E-state index contributed by atoms with van der Waals surface area (Å²) in [5.74, 6) is -0.726. The third kappa shape index (κ3) is 3.69. The summed E-state index contributed by atoms with van der Waals surface area (Å²) in [4.78, 5) is 13.7. The highest BCUT2D eigenvalue weighted by Crippen LogP contribution is 2.23. The van der Waals surface area contributed by atoms with Crippen molar-refractivity contribution < 1.29 is 9.90 Å². The van der Waals surface area contributed by atoms with Crippen LogP contribution in [0, 0.1) is 0 Å². The fourth-order valence-electron chi connectivity index (χ4n) is 3.00. The minimum atomic E-state index is -0.740. The molecule has 1 unspecified atom stereocenters. The maximum atomic E-state index is 11.3. The number of aliphatic carboxylic acids is 1. The number of nitrogens with zero attached hydrogens (tertiary/aromatic N) is 1. The lowest BCUT2D eigenvalue weighted by Crippen LogP contribution is -2.50. The van der Waals surface area contributed by atoms with Crippen molar-refractivity contribution in [3.05, 3.63) is 0 Å². The molecule has 106 valence electrons. The molecule has 1 aliphatic rings. The third-order valence-corrected chi connectivity index (χ3v) is 4.55. The van der Waals surface area contributed by atoms with E-state index in [2.05, 4.69) is 17.3 Å². The Bertz CT molecular complexity index is 259. The van der Waals surface area contributed by atoms with E-state index in [0.29, 0.717) is 12.8 Å². The SMILES string of the molecule is CCC(CCCN(C)C1CCCC1)(NC)C(=O)O. The molecule has 1 saturated carbocycles. The largest absolute Gasteiger partial charge is 0.480 e. The third-order valence-electron chi connectivity index (χ3n) is 4.55. The number of hydrogen-bond donors (Lipinski definition) is 2. The van der Waals surface area contributed by atoms with Crippen LogP contribution in [0.25, 0.3) is 0 Å². The van der Waals surface area contributed by atoms with Crippen molar-refractivity contribution in [2.45, 2.75) is 63.5 Å². The first-order chi connectivity index (χ1) is 8.55. The number of nitrogens with one attached hydrogen (secondary N) is 1. The van der Waals surface area contributed by atoms with Crippen molar-refractivity contribution in [2.24, 2.45) is 0 Å². The van der Waals surface area contributed by atoms with Crippen molar-refractivity contribution >= 4 is 5.97 Å². The summed E-state index contributed by atoms with van der Waals surface area (Å²) in [5, 5.41) is 12.3. The molecule has 0 amide bonds. The Hall–Kier alpha value is -0.610. The zero-order valence-corrected chi connectivity index (χ0v) is 12.0. The zero-order chi connectivity index (χ0) is 13.6. The van der Waals surface area contributed by atoms with E-state index in [1.54, 1.807) is 7.05 Å². The van der Waals surface area contributed by atoms with Crippen LogP contribution in [0.1, 0.15) is 51.9 Å². The van der Waals surface area contributed by atoms with Gasteiger partial charge < -0.3 is 15.3 Å². The first-order valence-corrected chi connectivity index (χ1v) is 7.18. The van der Waals surface area contributed by atoms with Gasteiger partial charge in [0.25, 0.3) is 0 Å². The number of carboxylic acid groups (broad SMARTS) is 1. The topological polar surface area (TPSA) is 52.6 Å². The Kier molecular flexibility index (Phi) is 6.09. The Balaban J connectivity index is 2.36. The van der Waals surface area contributed by atoms with Gasteiger partial charge in [0.2, 0.25) is 0 Å². The van der Waals surface area contributed by atoms with Crippen molar-refractivity contribution in [1.29, 1.82) is 0 Å². The van der Waals surface area contributed by atoms with Gasteiger partial charge in [0.1, 0.15) is 5.54 Å². The van der Waals surface area contributed by atoms with Gasteiger partial charge in [0.05, 0.1) is 0 Å². The van der Waals surface area contributed by atoms with Crippen molar-refractivity contribution in [3.63, 3.8) is 0 Å². The van der Waals surface area contributed by atoms with Gasteiger partial charge in [-0.25, -0.2) is 0 Å². The first kappa shape index (κ1) is 15.4. The molecular formula is C14H28N2O2. The summed E-state index contributed by atoms with van der Waals surface area (Å²) in [5.41, 5.74) is -0.740. The van der Waals surface area contributed by atoms with Gasteiger partial charge in [0, 0.05) is 6.04 Å². The summed E-state index contributed by atoms with van der Waals surface area (Å²) >= 11 is 0. The molecule has 1 aliphatic carbocycles. The number of likely N-dealkylation sites (N-methyl/N-ethyl adjacent to an activating group) is 1. The quantitative estimate of drug-likeness (QED) is 0.698. The molecule has 18 heavy (non-hydrogen) atoms. The Morgan fingerprint density at radius 1 is 1.44 bits per heavy atom. The van der Waals surface area contributed by atoms with Crippen LogP contribution in [-0.2, 0) is 4.79 Å². The number of carbonyl (C=O) groups is 1. The lowest BCUT2D eigenvalue weighted by atomic mass is 9.90. The molecule has 0 aromatic heterocycles. The Labute approximate surface area is 111 Å². The summed E-state index contributed by atoms with van der Waals surface area (Å²) < 4.78 is 0. The zero-order valence-electron chi connectivity index (χ0n) is 12.0. The van der Waals surface area contributed by atoms with Gasteiger partial charge in [-0.15, -0.1) is 0 Å². The van der Waals surface area contributed by atoms with E-state index in [9.17, 15) is 9.90 Å². The molecule has 2 N–H and O–H groups in total. The van der Waals surface area contributed by atoms with Gasteiger partial charge in [-0.1, -0.05) is 19.8 Å². The average molecular weight is 256 g/mol. The van der Waals surface area contributed by atoms with E-state index in [-0.39, 0.29) is 0 Å². The summed E-state index contributed by atoms with van der Waals surface area (Å²) in [6.45, 7) is 2.94. The molecule has 0 aliphatic heterocycles. The number of rotatable bonds is 8. The van der Waals surface area contributed by atoms with Crippen molar-refractivity contribution in [3.8, 4) is 0 Å². The fourth-order valence-corrected chi connectivity index (χ4v) is 3.00. The highest BCUT2D eigenvalue weighted by molar-refractivity contribution is 5.78. The predicted molar refractivity (Wildman–Crippen MR) is 73.8 cm³/mol.